The number of hydrogen-bond acceptors (Lipinski definition) is 2. The molecule has 0 fully saturated rings. The molecule has 0 aliphatic heterocycles. The normalized spacial score (nSPS) is 12.4. The van der Waals surface area contributed by atoms with Crippen LogP contribution >= 0.6 is 11.6 Å². The number of carbonyl (C=O) groups is 1. The van der Waals surface area contributed by atoms with Crippen LogP contribution in [0.4, 0.5) is 0 Å². The first-order valence-electron chi connectivity index (χ1n) is 6.45. The third-order valence-electron chi connectivity index (χ3n) is 3.24. The first kappa shape index (κ1) is 13.8. The van der Waals surface area contributed by atoms with Gasteiger partial charge in [-0.3, -0.25) is 4.79 Å². The van der Waals surface area contributed by atoms with Gasteiger partial charge < -0.3 is 5.32 Å². The van der Waals surface area contributed by atoms with Crippen LogP contribution in [0.1, 0.15) is 30.6 Å². The second-order valence-corrected chi connectivity index (χ2v) is 5.12. The lowest BCUT2D eigenvalue weighted by Gasteiger charge is -2.11. The Kier molecular flexibility index (Phi) is 4.38. The minimum Gasteiger partial charge on any atom is -0.352 e. The van der Waals surface area contributed by atoms with E-state index in [9.17, 15) is 4.79 Å². The van der Waals surface area contributed by atoms with E-state index in [0.29, 0.717) is 23.2 Å². The van der Waals surface area contributed by atoms with E-state index in [4.69, 9.17) is 11.6 Å². The van der Waals surface area contributed by atoms with Crippen LogP contribution in [0.2, 0.25) is 5.15 Å². The molecule has 0 bridgehead atoms. The summed E-state index contributed by atoms with van der Waals surface area (Å²) in [7, 11) is 0. The molecule has 0 saturated carbocycles. The minimum absolute atomic E-state index is 0.0965. The molecule has 3 nitrogen and oxygen atoms in total. The number of pyridine rings is 1. The van der Waals surface area contributed by atoms with Gasteiger partial charge in [0.15, 0.2) is 0 Å². The number of rotatable bonds is 4. The Morgan fingerprint density at radius 3 is 2.89 bits per heavy atom. The molecule has 0 aliphatic carbocycles. The lowest BCUT2D eigenvalue weighted by Crippen LogP contribution is -2.28. The Balaban J connectivity index is 2.31. The van der Waals surface area contributed by atoms with Crippen molar-refractivity contribution in [3.63, 3.8) is 0 Å². The summed E-state index contributed by atoms with van der Waals surface area (Å²) in [6, 6.07) is 9.13. The Morgan fingerprint density at radius 2 is 2.16 bits per heavy atom. The molecule has 1 unspecified atom stereocenters. The van der Waals surface area contributed by atoms with Crippen LogP contribution in [-0.4, -0.2) is 17.4 Å². The molecule has 2 rings (SSSR count). The van der Waals surface area contributed by atoms with Crippen LogP contribution in [0.5, 0.6) is 0 Å². The van der Waals surface area contributed by atoms with E-state index >= 15 is 0 Å². The minimum atomic E-state index is -0.0965. The van der Waals surface area contributed by atoms with Crippen molar-refractivity contribution in [2.45, 2.75) is 20.3 Å². The van der Waals surface area contributed by atoms with Crippen LogP contribution < -0.4 is 5.32 Å². The van der Waals surface area contributed by atoms with Crippen LogP contribution in [-0.2, 0) is 0 Å². The number of benzene rings is 1. The topological polar surface area (TPSA) is 42.0 Å². The van der Waals surface area contributed by atoms with Gasteiger partial charge in [0.05, 0.1) is 11.1 Å². The molecule has 0 saturated heterocycles. The molecule has 0 radical (unpaired) electrons. The number of carbonyl (C=O) groups excluding carboxylic acids is 1. The molecule has 0 spiro atoms. The van der Waals surface area contributed by atoms with E-state index in [-0.39, 0.29) is 5.91 Å². The second-order valence-electron chi connectivity index (χ2n) is 4.73. The van der Waals surface area contributed by atoms with Gasteiger partial charge >= 0.3 is 0 Å². The first-order valence-corrected chi connectivity index (χ1v) is 6.83. The Hall–Kier alpha value is -1.61. The largest absolute Gasteiger partial charge is 0.352 e. The van der Waals surface area contributed by atoms with Crippen LogP contribution in [0.25, 0.3) is 10.9 Å². The van der Waals surface area contributed by atoms with Gasteiger partial charge in [0.1, 0.15) is 5.15 Å². The molecule has 1 N–H and O–H groups in total. The Labute approximate surface area is 118 Å². The van der Waals surface area contributed by atoms with E-state index < -0.39 is 0 Å². The number of amides is 1. The number of para-hydroxylation sites is 1. The zero-order valence-electron chi connectivity index (χ0n) is 11.1. The van der Waals surface area contributed by atoms with E-state index in [1.54, 1.807) is 6.07 Å². The molecule has 1 atom stereocenters. The van der Waals surface area contributed by atoms with E-state index in [1.165, 1.54) is 0 Å². The number of fused-ring (bicyclic) bond motifs is 1. The predicted molar refractivity (Wildman–Crippen MR) is 78.5 cm³/mol. The van der Waals surface area contributed by atoms with Gasteiger partial charge in [0.25, 0.3) is 5.91 Å². The van der Waals surface area contributed by atoms with Crippen LogP contribution in [0.3, 0.4) is 0 Å². The van der Waals surface area contributed by atoms with Gasteiger partial charge in [-0.2, -0.15) is 0 Å². The average molecular weight is 277 g/mol. The highest BCUT2D eigenvalue weighted by molar-refractivity contribution is 6.30. The summed E-state index contributed by atoms with van der Waals surface area (Å²) in [6.07, 6.45) is 1.04. The summed E-state index contributed by atoms with van der Waals surface area (Å²) in [6.45, 7) is 4.89. The fourth-order valence-corrected chi connectivity index (χ4v) is 2.04. The predicted octanol–water partition coefficient (Wildman–Crippen LogP) is 3.66. The summed E-state index contributed by atoms with van der Waals surface area (Å²) in [5.74, 6) is 0.369. The summed E-state index contributed by atoms with van der Waals surface area (Å²) in [5.41, 5.74) is 1.32. The van der Waals surface area contributed by atoms with Crippen molar-refractivity contribution in [2.24, 2.45) is 5.92 Å². The number of aromatic nitrogens is 1. The quantitative estimate of drug-likeness (QED) is 0.866. The summed E-state index contributed by atoms with van der Waals surface area (Å²) in [5, 5.41) is 4.11. The fraction of sp³-hybridized carbons (Fsp3) is 0.333. The lowest BCUT2D eigenvalue weighted by molar-refractivity contribution is 0.0949. The van der Waals surface area contributed by atoms with Crippen molar-refractivity contribution in [3.8, 4) is 0 Å². The fourth-order valence-electron chi connectivity index (χ4n) is 1.84. The van der Waals surface area contributed by atoms with Crippen molar-refractivity contribution in [1.82, 2.24) is 10.3 Å². The summed E-state index contributed by atoms with van der Waals surface area (Å²) < 4.78 is 0. The maximum absolute atomic E-state index is 12.2. The SMILES string of the molecule is CCC(C)CNC(=O)c1cc(Cl)nc2ccccc12. The van der Waals surface area contributed by atoms with Gasteiger partial charge in [0, 0.05) is 11.9 Å². The smallest absolute Gasteiger partial charge is 0.252 e. The first-order chi connectivity index (χ1) is 9.11. The number of hydrogen-bond donors (Lipinski definition) is 1. The lowest BCUT2D eigenvalue weighted by atomic mass is 10.1. The molecule has 1 amide bonds. The van der Waals surface area contributed by atoms with E-state index in [0.717, 1.165) is 17.3 Å². The molecule has 100 valence electrons. The van der Waals surface area contributed by atoms with Gasteiger partial charge in [0.2, 0.25) is 0 Å². The van der Waals surface area contributed by atoms with Crippen LogP contribution in [0, 0.1) is 5.92 Å². The zero-order valence-corrected chi connectivity index (χ0v) is 11.9. The van der Waals surface area contributed by atoms with Crippen molar-refractivity contribution < 1.29 is 4.79 Å². The highest BCUT2D eigenvalue weighted by atomic mass is 35.5. The molecule has 1 aromatic heterocycles. The average Bonchev–Trinajstić information content (AvgIpc) is 2.43. The Morgan fingerprint density at radius 1 is 1.42 bits per heavy atom. The molecule has 2 aromatic rings. The second kappa shape index (κ2) is 6.02. The van der Waals surface area contributed by atoms with Gasteiger partial charge in [-0.15, -0.1) is 0 Å². The highest BCUT2D eigenvalue weighted by Gasteiger charge is 2.12. The number of nitrogens with one attached hydrogen (secondary N) is 1. The van der Waals surface area contributed by atoms with E-state index in [2.05, 4.69) is 24.1 Å². The van der Waals surface area contributed by atoms with Crippen molar-refractivity contribution >= 4 is 28.4 Å². The maximum Gasteiger partial charge on any atom is 0.252 e. The standard InChI is InChI=1S/C15H17ClN2O/c1-3-10(2)9-17-15(19)12-8-14(16)18-13-7-5-4-6-11(12)13/h4-8,10H,3,9H2,1-2H3,(H,17,19). The summed E-state index contributed by atoms with van der Waals surface area (Å²) in [4.78, 5) is 16.4. The van der Waals surface area contributed by atoms with E-state index in [1.807, 2.05) is 24.3 Å². The molecule has 4 heteroatoms. The van der Waals surface area contributed by atoms with Crippen LogP contribution in [0.15, 0.2) is 30.3 Å². The van der Waals surface area contributed by atoms with Crippen molar-refractivity contribution in [1.29, 1.82) is 0 Å². The van der Waals surface area contributed by atoms with Crippen molar-refractivity contribution in [2.75, 3.05) is 6.54 Å². The highest BCUT2D eigenvalue weighted by Crippen LogP contribution is 2.20. The molecular weight excluding hydrogens is 260 g/mol. The summed E-state index contributed by atoms with van der Waals surface area (Å²) >= 11 is 5.97. The van der Waals surface area contributed by atoms with Gasteiger partial charge in [-0.05, 0) is 18.1 Å². The van der Waals surface area contributed by atoms with Gasteiger partial charge in [-0.1, -0.05) is 50.1 Å². The number of nitrogens with zero attached hydrogens (tertiary/aromatic N) is 1. The molecule has 0 aliphatic rings. The molecular formula is C15H17ClN2O. The monoisotopic (exact) mass is 276 g/mol. The molecule has 1 aromatic carbocycles. The zero-order chi connectivity index (χ0) is 13.8. The molecule has 19 heavy (non-hydrogen) atoms. The number of halogens is 1. The Bertz CT molecular complexity index is 598. The van der Waals surface area contributed by atoms with Crippen molar-refractivity contribution in [3.05, 3.63) is 41.0 Å². The third kappa shape index (κ3) is 3.24. The maximum atomic E-state index is 12.2. The molecule has 1 heterocycles. The van der Waals surface area contributed by atoms with Gasteiger partial charge in [-0.25, -0.2) is 4.98 Å². The third-order valence-corrected chi connectivity index (χ3v) is 3.43.